The van der Waals surface area contributed by atoms with Crippen LogP contribution in [-0.2, 0) is 10.0 Å². The Labute approximate surface area is 162 Å². The molecule has 2 rings (SSSR count). The summed E-state index contributed by atoms with van der Waals surface area (Å²) in [6.07, 6.45) is 0. The second-order valence-corrected chi connectivity index (χ2v) is 7.48. The number of anilines is 2. The molecule has 27 heavy (non-hydrogen) atoms. The molecule has 2 aromatic carbocycles. The molecule has 0 heterocycles. The van der Waals surface area contributed by atoms with Gasteiger partial charge in [0.1, 0.15) is 0 Å². The monoisotopic (exact) mass is 392 g/mol. The Bertz CT molecular complexity index is 832. The van der Waals surface area contributed by atoms with Crippen molar-refractivity contribution in [1.29, 1.82) is 0 Å². The summed E-state index contributed by atoms with van der Waals surface area (Å²) >= 11 is 0. The smallest absolute Gasteiger partial charge is 0.262 e. The molecule has 7 heteroatoms. The average molecular weight is 393 g/mol. The van der Waals surface area contributed by atoms with Crippen LogP contribution in [0.1, 0.15) is 27.7 Å². The van der Waals surface area contributed by atoms with Gasteiger partial charge in [-0.05, 0) is 64.1 Å². The maximum atomic E-state index is 12.7. The van der Waals surface area contributed by atoms with Gasteiger partial charge in [-0.25, -0.2) is 8.42 Å². The van der Waals surface area contributed by atoms with Gasteiger partial charge in [-0.1, -0.05) is 0 Å². The van der Waals surface area contributed by atoms with Crippen molar-refractivity contribution < 1.29 is 17.9 Å². The highest BCUT2D eigenvalue weighted by Gasteiger charge is 2.18. The maximum absolute atomic E-state index is 12.7. The molecule has 0 amide bonds. The molecule has 0 aliphatic heterocycles. The number of hydrogen-bond acceptors (Lipinski definition) is 5. The lowest BCUT2D eigenvalue weighted by molar-refractivity contribution is 0.287. The number of sulfonamides is 1. The topological polar surface area (TPSA) is 67.9 Å². The van der Waals surface area contributed by atoms with Crippen LogP contribution in [0.15, 0.2) is 47.4 Å². The van der Waals surface area contributed by atoms with Gasteiger partial charge in [-0.15, -0.1) is 0 Å². The number of hydrogen-bond donors (Lipinski definition) is 1. The van der Waals surface area contributed by atoms with Crippen molar-refractivity contribution in [3.8, 4) is 11.5 Å². The minimum absolute atomic E-state index is 0.127. The highest BCUT2D eigenvalue weighted by atomic mass is 32.2. The van der Waals surface area contributed by atoms with Crippen molar-refractivity contribution in [2.24, 2.45) is 0 Å². The molecule has 0 saturated carbocycles. The predicted octanol–water partition coefficient (Wildman–Crippen LogP) is 4.13. The van der Waals surface area contributed by atoms with Gasteiger partial charge in [-0.2, -0.15) is 0 Å². The molecule has 1 N–H and O–H groups in total. The van der Waals surface area contributed by atoms with Crippen molar-refractivity contribution >= 4 is 21.4 Å². The van der Waals surface area contributed by atoms with E-state index in [0.29, 0.717) is 30.4 Å². The number of nitrogens with zero attached hydrogens (tertiary/aromatic N) is 1. The third-order valence-electron chi connectivity index (χ3n) is 4.07. The Kier molecular flexibility index (Phi) is 7.36. The molecule has 148 valence electrons. The van der Waals surface area contributed by atoms with Crippen LogP contribution in [0.25, 0.3) is 0 Å². The lowest BCUT2D eigenvalue weighted by Gasteiger charge is -2.21. The Hall–Kier alpha value is -2.41. The SMILES string of the molecule is CCOc1ccc(S(=O)(=O)Nc2ccc(N(CC)CC)cc2)cc1OCC. The van der Waals surface area contributed by atoms with E-state index in [1.165, 1.54) is 12.1 Å². The third-order valence-corrected chi connectivity index (χ3v) is 5.45. The van der Waals surface area contributed by atoms with Crippen LogP contribution < -0.4 is 19.1 Å². The van der Waals surface area contributed by atoms with E-state index in [-0.39, 0.29) is 4.90 Å². The first-order valence-electron chi connectivity index (χ1n) is 9.22. The van der Waals surface area contributed by atoms with Crippen molar-refractivity contribution in [2.45, 2.75) is 32.6 Å². The summed E-state index contributed by atoms with van der Waals surface area (Å²) in [6.45, 7) is 10.6. The van der Waals surface area contributed by atoms with Crippen LogP contribution in [0.4, 0.5) is 11.4 Å². The fourth-order valence-corrected chi connectivity index (χ4v) is 3.82. The molecule has 0 aromatic heterocycles. The van der Waals surface area contributed by atoms with Crippen LogP contribution in [-0.4, -0.2) is 34.7 Å². The number of ether oxygens (including phenoxy) is 2. The van der Waals surface area contributed by atoms with Crippen LogP contribution in [0.3, 0.4) is 0 Å². The van der Waals surface area contributed by atoms with E-state index in [2.05, 4.69) is 23.5 Å². The first kappa shape index (κ1) is 20.9. The minimum Gasteiger partial charge on any atom is -0.490 e. The van der Waals surface area contributed by atoms with E-state index >= 15 is 0 Å². The molecule has 0 bridgehead atoms. The number of rotatable bonds is 10. The first-order chi connectivity index (χ1) is 12.9. The molecule has 0 aliphatic carbocycles. The van der Waals surface area contributed by atoms with Crippen molar-refractivity contribution in [3.05, 3.63) is 42.5 Å². The molecule has 6 nitrogen and oxygen atoms in total. The van der Waals surface area contributed by atoms with E-state index in [4.69, 9.17) is 9.47 Å². The quantitative estimate of drug-likeness (QED) is 0.658. The molecule has 0 saturated heterocycles. The van der Waals surface area contributed by atoms with E-state index in [0.717, 1.165) is 18.8 Å². The standard InChI is InChI=1S/C20H28N2O4S/c1-5-22(6-2)17-11-9-16(10-12-17)21-27(23,24)18-13-14-19(25-7-3)20(15-18)26-8-4/h9-15,21H,5-8H2,1-4H3. The summed E-state index contributed by atoms with van der Waals surface area (Å²) in [4.78, 5) is 2.32. The van der Waals surface area contributed by atoms with Gasteiger partial charge in [0.05, 0.1) is 18.1 Å². The molecule has 0 radical (unpaired) electrons. The van der Waals surface area contributed by atoms with Crippen LogP contribution in [0, 0.1) is 0 Å². The van der Waals surface area contributed by atoms with Crippen LogP contribution in [0.2, 0.25) is 0 Å². The van der Waals surface area contributed by atoms with Gasteiger partial charge in [0, 0.05) is 30.5 Å². The summed E-state index contributed by atoms with van der Waals surface area (Å²) in [5.41, 5.74) is 1.57. The summed E-state index contributed by atoms with van der Waals surface area (Å²) in [5, 5.41) is 0. The zero-order valence-corrected chi connectivity index (χ0v) is 17.2. The van der Waals surface area contributed by atoms with Crippen LogP contribution in [0.5, 0.6) is 11.5 Å². The van der Waals surface area contributed by atoms with Gasteiger partial charge in [0.25, 0.3) is 10.0 Å². The molecule has 0 aliphatic rings. The van der Waals surface area contributed by atoms with Crippen molar-refractivity contribution in [1.82, 2.24) is 0 Å². The lowest BCUT2D eigenvalue weighted by Crippen LogP contribution is -2.21. The Morgan fingerprint density at radius 1 is 0.852 bits per heavy atom. The molecular formula is C20H28N2O4S. The predicted molar refractivity (Wildman–Crippen MR) is 110 cm³/mol. The van der Waals surface area contributed by atoms with E-state index < -0.39 is 10.0 Å². The van der Waals surface area contributed by atoms with E-state index in [1.54, 1.807) is 18.2 Å². The Morgan fingerprint density at radius 3 is 2.00 bits per heavy atom. The molecular weight excluding hydrogens is 364 g/mol. The summed E-state index contributed by atoms with van der Waals surface area (Å²) in [7, 11) is -3.73. The fraction of sp³-hybridized carbons (Fsp3) is 0.400. The fourth-order valence-electron chi connectivity index (χ4n) is 2.74. The summed E-state index contributed by atoms with van der Waals surface area (Å²) < 4.78 is 39.1. The minimum atomic E-state index is -3.73. The van der Waals surface area contributed by atoms with Gasteiger partial charge in [0.15, 0.2) is 11.5 Å². The van der Waals surface area contributed by atoms with E-state index in [9.17, 15) is 8.42 Å². The molecule has 0 spiro atoms. The number of nitrogens with one attached hydrogen (secondary N) is 1. The van der Waals surface area contributed by atoms with Crippen molar-refractivity contribution in [2.75, 3.05) is 35.9 Å². The molecule has 2 aromatic rings. The van der Waals surface area contributed by atoms with Crippen molar-refractivity contribution in [3.63, 3.8) is 0 Å². The lowest BCUT2D eigenvalue weighted by atomic mass is 10.2. The molecule has 0 atom stereocenters. The van der Waals surface area contributed by atoms with Gasteiger partial charge in [-0.3, -0.25) is 4.72 Å². The average Bonchev–Trinajstić information content (AvgIpc) is 2.65. The summed E-state index contributed by atoms with van der Waals surface area (Å²) in [6, 6.07) is 12.0. The van der Waals surface area contributed by atoms with Gasteiger partial charge >= 0.3 is 0 Å². The van der Waals surface area contributed by atoms with E-state index in [1.807, 2.05) is 26.0 Å². The van der Waals surface area contributed by atoms with Crippen LogP contribution >= 0.6 is 0 Å². The van der Waals surface area contributed by atoms with Gasteiger partial charge in [0.2, 0.25) is 0 Å². The largest absolute Gasteiger partial charge is 0.490 e. The zero-order chi connectivity index (χ0) is 19.9. The molecule has 0 fully saturated rings. The second kappa shape index (κ2) is 9.50. The Balaban J connectivity index is 2.24. The third kappa shape index (κ3) is 5.29. The highest BCUT2D eigenvalue weighted by molar-refractivity contribution is 7.92. The molecule has 0 unspecified atom stereocenters. The van der Waals surface area contributed by atoms with Gasteiger partial charge < -0.3 is 14.4 Å². The Morgan fingerprint density at radius 2 is 1.44 bits per heavy atom. The number of benzene rings is 2. The first-order valence-corrected chi connectivity index (χ1v) is 10.7. The second-order valence-electron chi connectivity index (χ2n) is 5.80. The normalized spacial score (nSPS) is 11.1. The highest BCUT2D eigenvalue weighted by Crippen LogP contribution is 2.31. The zero-order valence-electron chi connectivity index (χ0n) is 16.4. The maximum Gasteiger partial charge on any atom is 0.262 e. The summed E-state index contributed by atoms with van der Waals surface area (Å²) in [5.74, 6) is 0.945.